The molecule has 10 rings (SSSR count). The van der Waals surface area contributed by atoms with E-state index in [9.17, 15) is 0 Å². The minimum atomic E-state index is -2.28. The predicted octanol–water partition coefficient (Wildman–Crippen LogP) is 16.0. The summed E-state index contributed by atoms with van der Waals surface area (Å²) in [5.41, 5.74) is 18.1. The van der Waals surface area contributed by atoms with Crippen molar-refractivity contribution in [3.05, 3.63) is 258 Å². The van der Waals surface area contributed by atoms with Crippen LogP contribution in [0.4, 0.5) is 0 Å². The molecular formula is C64H53N3. The molecule has 0 spiro atoms. The van der Waals surface area contributed by atoms with Gasteiger partial charge in [-0.15, -0.1) is 0 Å². The van der Waals surface area contributed by atoms with Gasteiger partial charge in [0.2, 0.25) is 0 Å². The zero-order valence-corrected chi connectivity index (χ0v) is 37.0. The summed E-state index contributed by atoms with van der Waals surface area (Å²) in [6.45, 7) is -6.72. The lowest BCUT2D eigenvalue weighted by molar-refractivity contribution is 0.931. The van der Waals surface area contributed by atoms with Gasteiger partial charge in [-0.3, -0.25) is 15.0 Å². The van der Waals surface area contributed by atoms with Crippen LogP contribution in [-0.4, -0.2) is 15.0 Å². The second-order valence-electron chi connectivity index (χ2n) is 17.0. The lowest BCUT2D eigenvalue weighted by Gasteiger charge is -2.18. The van der Waals surface area contributed by atoms with Crippen LogP contribution in [0.25, 0.3) is 78.3 Å². The number of aromatic nitrogens is 3. The van der Waals surface area contributed by atoms with E-state index in [0.717, 1.165) is 98.0 Å². The highest BCUT2D eigenvalue weighted by atomic mass is 14.7. The number of nitrogens with zero attached hydrogens (tertiary/aromatic N) is 3. The molecule has 3 heterocycles. The Morgan fingerprint density at radius 1 is 0.284 bits per heavy atom. The van der Waals surface area contributed by atoms with E-state index in [4.69, 9.17) is 12.3 Å². The molecule has 0 aliphatic heterocycles. The third-order valence-electron chi connectivity index (χ3n) is 12.4. The van der Waals surface area contributed by atoms with Crippen molar-refractivity contribution in [3.63, 3.8) is 0 Å². The van der Waals surface area contributed by atoms with Crippen LogP contribution in [0.15, 0.2) is 219 Å². The topological polar surface area (TPSA) is 38.7 Å². The molecule has 67 heavy (non-hydrogen) atoms. The van der Waals surface area contributed by atoms with Gasteiger partial charge in [0, 0.05) is 47.6 Å². The molecule has 0 N–H and O–H groups in total. The van der Waals surface area contributed by atoms with Crippen LogP contribution < -0.4 is 0 Å². The average molecular weight is 873 g/mol. The van der Waals surface area contributed by atoms with E-state index >= 15 is 0 Å². The van der Waals surface area contributed by atoms with Gasteiger partial charge in [0.05, 0.1) is 17.1 Å². The third-order valence-corrected chi connectivity index (χ3v) is 12.4. The molecule has 3 heteroatoms. The maximum absolute atomic E-state index is 8.11. The fourth-order valence-corrected chi connectivity index (χ4v) is 8.85. The smallest absolute Gasteiger partial charge is 0.0704 e. The van der Waals surface area contributed by atoms with Gasteiger partial charge in [-0.2, -0.15) is 0 Å². The summed E-state index contributed by atoms with van der Waals surface area (Å²) in [7, 11) is 0. The molecule has 0 bridgehead atoms. The molecule has 0 aliphatic rings. The third kappa shape index (κ3) is 10.1. The minimum absolute atomic E-state index is 0.233. The van der Waals surface area contributed by atoms with Crippen molar-refractivity contribution < 1.29 is 12.3 Å². The normalized spacial score (nSPS) is 13.7. The largest absolute Gasteiger partial charge is 0.256 e. The van der Waals surface area contributed by atoms with Gasteiger partial charge in [0.1, 0.15) is 0 Å². The van der Waals surface area contributed by atoms with Crippen molar-refractivity contribution in [1.82, 2.24) is 15.0 Å². The molecule has 0 aliphatic carbocycles. The van der Waals surface area contributed by atoms with Crippen LogP contribution in [0.1, 0.15) is 51.3 Å². The molecule has 3 nitrogen and oxygen atoms in total. The summed E-state index contributed by atoms with van der Waals surface area (Å²) in [6.07, 6.45) is 7.73. The van der Waals surface area contributed by atoms with Crippen molar-refractivity contribution in [1.29, 1.82) is 0 Å². The lowest BCUT2D eigenvalue weighted by atomic mass is 9.86. The SMILES string of the molecule is [2H]C([2H])([2H])c1ccnc(-c2ccc(CCc3cc(CCc4ccc(-c5cc(C([2H])([2H])[2H])ccn5)cc4)cc(-c4ccccc4-c4ccc(-c5cc(C([2H])([2H])[2H])ccn5)cc4-c4ccc(-c5ccccc5)cc4)c3)cc2)c1. The number of rotatable bonds is 13. The Bertz CT molecular complexity index is 3520. The van der Waals surface area contributed by atoms with Crippen LogP contribution >= 0.6 is 0 Å². The quantitative estimate of drug-likeness (QED) is 0.116. The first-order valence-corrected chi connectivity index (χ1v) is 22.6. The first kappa shape index (κ1) is 33.5. The van der Waals surface area contributed by atoms with E-state index in [1.807, 2.05) is 48.5 Å². The van der Waals surface area contributed by atoms with E-state index in [0.29, 0.717) is 17.1 Å². The van der Waals surface area contributed by atoms with Gasteiger partial charge in [-0.25, -0.2) is 0 Å². The summed E-state index contributed by atoms with van der Waals surface area (Å²) < 4.78 is 71.6. The first-order chi connectivity index (χ1) is 36.5. The predicted molar refractivity (Wildman–Crippen MR) is 280 cm³/mol. The highest BCUT2D eigenvalue weighted by molar-refractivity contribution is 5.94. The minimum Gasteiger partial charge on any atom is -0.256 e. The molecule has 0 amide bonds. The number of hydrogen-bond acceptors (Lipinski definition) is 3. The standard InChI is InChI=1S/C64H53N3/c1-44-31-34-65-62(37-44)54-21-17-47(18-22-54)13-15-49-40-50(16-14-48-19-23-55(24-20-48)63-38-45(2)32-35-66-63)42-57(41-49)58-11-7-8-12-59(58)60-30-29-56(64-39-46(3)33-36-67-64)43-61(60)53-27-25-52(26-28-53)51-9-5-4-6-10-51/h4-12,17-43H,13-16H2,1-3H3/i1D3,2D3,3D3. The van der Waals surface area contributed by atoms with Crippen molar-refractivity contribution in [2.24, 2.45) is 0 Å². The number of hydrogen-bond donors (Lipinski definition) is 0. The maximum Gasteiger partial charge on any atom is 0.0704 e. The Morgan fingerprint density at radius 2 is 0.701 bits per heavy atom. The molecular weight excluding hydrogens is 811 g/mol. The molecule has 3 aromatic heterocycles. The zero-order chi connectivity index (χ0) is 53.0. The van der Waals surface area contributed by atoms with Crippen LogP contribution in [0.3, 0.4) is 0 Å². The van der Waals surface area contributed by atoms with E-state index in [1.165, 1.54) is 23.3 Å². The highest BCUT2D eigenvalue weighted by Gasteiger charge is 2.17. The second-order valence-corrected chi connectivity index (χ2v) is 17.0. The van der Waals surface area contributed by atoms with Crippen molar-refractivity contribution in [2.45, 2.75) is 46.2 Å². The van der Waals surface area contributed by atoms with E-state index in [1.54, 1.807) is 42.9 Å². The van der Waals surface area contributed by atoms with Crippen LogP contribution in [0.5, 0.6) is 0 Å². The summed E-state index contributed by atoms with van der Waals surface area (Å²) >= 11 is 0. The summed E-state index contributed by atoms with van der Waals surface area (Å²) in [6, 6.07) is 66.4. The Morgan fingerprint density at radius 3 is 1.24 bits per heavy atom. The molecule has 0 saturated heterocycles. The van der Waals surface area contributed by atoms with E-state index in [-0.39, 0.29) is 16.7 Å². The highest BCUT2D eigenvalue weighted by Crippen LogP contribution is 2.41. The zero-order valence-electron chi connectivity index (χ0n) is 46.0. The Hall–Kier alpha value is -8.01. The molecule has 10 aromatic rings. The van der Waals surface area contributed by atoms with Gasteiger partial charge < -0.3 is 0 Å². The monoisotopic (exact) mass is 872 g/mol. The maximum atomic E-state index is 8.11. The van der Waals surface area contributed by atoms with Gasteiger partial charge >= 0.3 is 0 Å². The van der Waals surface area contributed by atoms with E-state index in [2.05, 4.69) is 130 Å². The van der Waals surface area contributed by atoms with Crippen molar-refractivity contribution >= 4 is 0 Å². The molecule has 0 atom stereocenters. The fourth-order valence-electron chi connectivity index (χ4n) is 8.85. The number of aryl methyl sites for hydroxylation is 7. The molecule has 0 unspecified atom stereocenters. The van der Waals surface area contributed by atoms with Crippen LogP contribution in [-0.2, 0) is 25.7 Å². The molecule has 0 fully saturated rings. The van der Waals surface area contributed by atoms with Gasteiger partial charge in [0.25, 0.3) is 0 Å². The number of pyridine rings is 3. The molecule has 0 radical (unpaired) electrons. The molecule has 0 saturated carbocycles. The van der Waals surface area contributed by atoms with Gasteiger partial charge in [0.15, 0.2) is 0 Å². The fraction of sp³-hybridized carbons (Fsp3) is 0.109. The Labute approximate surface area is 408 Å². The second kappa shape index (κ2) is 19.6. The first-order valence-electron chi connectivity index (χ1n) is 27.1. The summed E-state index contributed by atoms with van der Waals surface area (Å²) in [5, 5.41) is 0. The van der Waals surface area contributed by atoms with Crippen molar-refractivity contribution in [3.8, 4) is 78.3 Å². The molecule has 324 valence electrons. The average Bonchev–Trinajstić information content (AvgIpc) is 3.46. The van der Waals surface area contributed by atoms with Gasteiger partial charge in [-0.1, -0.05) is 158 Å². The summed E-state index contributed by atoms with van der Waals surface area (Å²) in [4.78, 5) is 13.6. The van der Waals surface area contributed by atoms with Crippen LogP contribution in [0.2, 0.25) is 0 Å². The molecule has 7 aromatic carbocycles. The number of benzene rings is 7. The van der Waals surface area contributed by atoms with Crippen molar-refractivity contribution in [2.75, 3.05) is 0 Å². The van der Waals surface area contributed by atoms with Gasteiger partial charge in [-0.05, 0) is 172 Å². The lowest BCUT2D eigenvalue weighted by Crippen LogP contribution is -1.98. The van der Waals surface area contributed by atoms with E-state index < -0.39 is 20.6 Å². The summed E-state index contributed by atoms with van der Waals surface area (Å²) in [5.74, 6) is 0. The Balaban J connectivity index is 1.01. The van der Waals surface area contributed by atoms with Crippen LogP contribution in [0, 0.1) is 20.6 Å². The Kier molecular flexibility index (Phi) is 9.80.